The number of carbonyl (C=O) groups excluding carboxylic acids is 2. The molecule has 1 rings (SSSR count). The van der Waals surface area contributed by atoms with Gasteiger partial charge in [0.1, 0.15) is 0 Å². The Morgan fingerprint density at radius 1 is 1.35 bits per heavy atom. The first-order chi connectivity index (χ1) is 8.13. The molecule has 0 atom stereocenters. The van der Waals surface area contributed by atoms with Crippen LogP contribution < -0.4 is 5.32 Å². The molecular weight excluding hydrogens is 220 g/mol. The molecule has 0 spiro atoms. The van der Waals surface area contributed by atoms with E-state index in [2.05, 4.69) is 5.32 Å². The number of hydrogen-bond acceptors (Lipinski definition) is 3. The lowest BCUT2D eigenvalue weighted by molar-refractivity contribution is -0.119. The largest absolute Gasteiger partial charge is 0.449 e. The van der Waals surface area contributed by atoms with Crippen molar-refractivity contribution in [1.82, 2.24) is 10.2 Å². The minimum Gasteiger partial charge on any atom is -0.449 e. The van der Waals surface area contributed by atoms with Crippen LogP contribution in [0, 0.1) is 5.92 Å². The minimum atomic E-state index is -0.204. The Kier molecular flexibility index (Phi) is 5.80. The second-order valence-corrected chi connectivity index (χ2v) is 4.48. The summed E-state index contributed by atoms with van der Waals surface area (Å²) < 4.78 is 5.08. The number of likely N-dealkylation sites (tertiary alicyclic amines) is 1. The molecule has 0 aromatic carbocycles. The Balaban J connectivity index is 2.20. The first-order valence-electron chi connectivity index (χ1n) is 6.29. The highest BCUT2D eigenvalue weighted by atomic mass is 16.6. The summed E-state index contributed by atoms with van der Waals surface area (Å²) in [6, 6.07) is 0. The molecule has 0 aliphatic carbocycles. The van der Waals surface area contributed by atoms with E-state index >= 15 is 0 Å². The summed E-state index contributed by atoms with van der Waals surface area (Å²) in [6.45, 7) is 6.17. The van der Waals surface area contributed by atoms with Crippen LogP contribution in [0.5, 0.6) is 0 Å². The van der Waals surface area contributed by atoms with Crippen molar-refractivity contribution < 1.29 is 14.3 Å². The van der Waals surface area contributed by atoms with Crippen molar-refractivity contribution in [3.05, 3.63) is 0 Å². The zero-order valence-corrected chi connectivity index (χ0v) is 10.7. The molecular formula is C12H22N2O3. The van der Waals surface area contributed by atoms with Crippen molar-refractivity contribution in [2.75, 3.05) is 26.2 Å². The minimum absolute atomic E-state index is 0.00906. The molecule has 2 amide bonds. The van der Waals surface area contributed by atoms with Crippen LogP contribution >= 0.6 is 0 Å². The SMILES string of the molecule is CCCOC(=O)N1CCC(CNC(C)=O)CC1. The molecule has 17 heavy (non-hydrogen) atoms. The molecule has 1 N–H and O–H groups in total. The zero-order valence-electron chi connectivity index (χ0n) is 10.7. The maximum Gasteiger partial charge on any atom is 0.409 e. The van der Waals surface area contributed by atoms with Crippen LogP contribution in [-0.2, 0) is 9.53 Å². The van der Waals surface area contributed by atoms with E-state index in [1.54, 1.807) is 4.90 Å². The molecule has 0 bridgehead atoms. The van der Waals surface area contributed by atoms with Crippen molar-refractivity contribution in [3.63, 3.8) is 0 Å². The standard InChI is InChI=1S/C12H22N2O3/c1-3-8-17-12(16)14-6-4-11(5-7-14)9-13-10(2)15/h11H,3-9H2,1-2H3,(H,13,15). The Labute approximate surface area is 102 Å². The first-order valence-corrected chi connectivity index (χ1v) is 6.29. The van der Waals surface area contributed by atoms with E-state index in [0.29, 0.717) is 19.1 Å². The maximum atomic E-state index is 11.6. The van der Waals surface area contributed by atoms with Gasteiger partial charge in [0.15, 0.2) is 0 Å². The summed E-state index contributed by atoms with van der Waals surface area (Å²) in [5.41, 5.74) is 0. The number of carbonyl (C=O) groups is 2. The van der Waals surface area contributed by atoms with E-state index in [4.69, 9.17) is 4.74 Å². The van der Waals surface area contributed by atoms with E-state index in [0.717, 1.165) is 32.4 Å². The van der Waals surface area contributed by atoms with Crippen molar-refractivity contribution in [2.24, 2.45) is 5.92 Å². The molecule has 1 heterocycles. The van der Waals surface area contributed by atoms with Crippen LogP contribution in [0.25, 0.3) is 0 Å². The molecule has 1 fully saturated rings. The monoisotopic (exact) mass is 242 g/mol. The van der Waals surface area contributed by atoms with Gasteiger partial charge in [-0.1, -0.05) is 6.92 Å². The lowest BCUT2D eigenvalue weighted by Crippen LogP contribution is -2.41. The number of hydrogen-bond donors (Lipinski definition) is 1. The van der Waals surface area contributed by atoms with E-state index in [9.17, 15) is 9.59 Å². The van der Waals surface area contributed by atoms with Crippen molar-refractivity contribution in [2.45, 2.75) is 33.1 Å². The second kappa shape index (κ2) is 7.14. The van der Waals surface area contributed by atoms with Gasteiger partial charge in [-0.15, -0.1) is 0 Å². The maximum absolute atomic E-state index is 11.6. The van der Waals surface area contributed by atoms with Gasteiger partial charge in [-0.25, -0.2) is 4.79 Å². The van der Waals surface area contributed by atoms with Crippen LogP contribution in [0.4, 0.5) is 4.79 Å². The number of nitrogens with zero attached hydrogens (tertiary/aromatic N) is 1. The van der Waals surface area contributed by atoms with Gasteiger partial charge in [0.2, 0.25) is 5.91 Å². The van der Waals surface area contributed by atoms with Gasteiger partial charge < -0.3 is 15.0 Å². The third kappa shape index (κ3) is 5.06. The first kappa shape index (κ1) is 13.8. The molecule has 1 aliphatic heterocycles. The summed E-state index contributed by atoms with van der Waals surface area (Å²) in [5.74, 6) is 0.490. The number of rotatable bonds is 4. The molecule has 5 heteroatoms. The van der Waals surface area contributed by atoms with Gasteiger partial charge >= 0.3 is 6.09 Å². The summed E-state index contributed by atoms with van der Waals surface area (Å²) in [5, 5.41) is 2.82. The molecule has 0 saturated carbocycles. The molecule has 0 aromatic rings. The molecule has 5 nitrogen and oxygen atoms in total. The van der Waals surface area contributed by atoms with Gasteiger partial charge in [-0.05, 0) is 25.2 Å². The van der Waals surface area contributed by atoms with Gasteiger partial charge in [0, 0.05) is 26.6 Å². The van der Waals surface area contributed by atoms with Crippen molar-refractivity contribution >= 4 is 12.0 Å². The van der Waals surface area contributed by atoms with Gasteiger partial charge in [-0.3, -0.25) is 4.79 Å². The molecule has 0 aromatic heterocycles. The second-order valence-electron chi connectivity index (χ2n) is 4.48. The van der Waals surface area contributed by atoms with E-state index in [-0.39, 0.29) is 12.0 Å². The van der Waals surface area contributed by atoms with Crippen LogP contribution in [-0.4, -0.2) is 43.1 Å². The van der Waals surface area contributed by atoms with Crippen molar-refractivity contribution in [3.8, 4) is 0 Å². The predicted molar refractivity (Wildman–Crippen MR) is 64.6 cm³/mol. The summed E-state index contributed by atoms with van der Waals surface area (Å²) >= 11 is 0. The average molecular weight is 242 g/mol. The molecule has 1 aliphatic rings. The zero-order chi connectivity index (χ0) is 12.7. The highest BCUT2D eigenvalue weighted by Gasteiger charge is 2.23. The molecule has 1 saturated heterocycles. The number of amides is 2. The number of nitrogens with one attached hydrogen (secondary N) is 1. The fourth-order valence-electron chi connectivity index (χ4n) is 1.89. The van der Waals surface area contributed by atoms with E-state index < -0.39 is 0 Å². The average Bonchev–Trinajstić information content (AvgIpc) is 2.34. The van der Waals surface area contributed by atoms with Gasteiger partial charge in [0.05, 0.1) is 6.61 Å². The van der Waals surface area contributed by atoms with Crippen LogP contribution in [0.15, 0.2) is 0 Å². The fraction of sp³-hybridized carbons (Fsp3) is 0.833. The normalized spacial score (nSPS) is 16.7. The van der Waals surface area contributed by atoms with Crippen LogP contribution in [0.1, 0.15) is 33.1 Å². The topological polar surface area (TPSA) is 58.6 Å². The fourth-order valence-corrected chi connectivity index (χ4v) is 1.89. The Bertz CT molecular complexity index is 260. The number of piperidine rings is 1. The summed E-state index contributed by atoms with van der Waals surface area (Å²) in [7, 11) is 0. The smallest absolute Gasteiger partial charge is 0.409 e. The lowest BCUT2D eigenvalue weighted by atomic mass is 9.97. The Morgan fingerprint density at radius 2 is 2.00 bits per heavy atom. The number of ether oxygens (including phenoxy) is 1. The van der Waals surface area contributed by atoms with Gasteiger partial charge in [-0.2, -0.15) is 0 Å². The van der Waals surface area contributed by atoms with Crippen molar-refractivity contribution in [1.29, 1.82) is 0 Å². The third-order valence-electron chi connectivity index (χ3n) is 2.94. The summed E-state index contributed by atoms with van der Waals surface area (Å²) in [6.07, 6.45) is 2.51. The van der Waals surface area contributed by atoms with Crippen LogP contribution in [0.3, 0.4) is 0 Å². The summed E-state index contributed by atoms with van der Waals surface area (Å²) in [4.78, 5) is 24.1. The molecule has 0 radical (unpaired) electrons. The Hall–Kier alpha value is -1.26. The lowest BCUT2D eigenvalue weighted by Gasteiger charge is -2.31. The highest BCUT2D eigenvalue weighted by molar-refractivity contribution is 5.72. The highest BCUT2D eigenvalue weighted by Crippen LogP contribution is 2.17. The van der Waals surface area contributed by atoms with E-state index in [1.165, 1.54) is 6.92 Å². The van der Waals surface area contributed by atoms with E-state index in [1.807, 2.05) is 6.92 Å². The quantitative estimate of drug-likeness (QED) is 0.810. The van der Waals surface area contributed by atoms with Gasteiger partial charge in [0.25, 0.3) is 0 Å². The molecule has 0 unspecified atom stereocenters. The Morgan fingerprint density at radius 3 is 2.53 bits per heavy atom. The predicted octanol–water partition coefficient (Wildman–Crippen LogP) is 1.38. The molecule has 98 valence electrons. The third-order valence-corrected chi connectivity index (χ3v) is 2.94. The van der Waals surface area contributed by atoms with Crippen LogP contribution in [0.2, 0.25) is 0 Å².